The molecule has 16 heavy (non-hydrogen) atoms. The van der Waals surface area contributed by atoms with Gasteiger partial charge in [-0.05, 0) is 30.7 Å². The highest BCUT2D eigenvalue weighted by Gasteiger charge is 2.25. The van der Waals surface area contributed by atoms with E-state index in [0.717, 1.165) is 30.1 Å². The minimum absolute atomic E-state index is 0.285. The van der Waals surface area contributed by atoms with Crippen LogP contribution in [0.4, 0.5) is 0 Å². The maximum absolute atomic E-state index is 4.55. The largest absolute Gasteiger partial charge is 0.360 e. The maximum Gasteiger partial charge on any atom is 0.0722 e. The van der Waals surface area contributed by atoms with Crippen molar-refractivity contribution in [2.24, 2.45) is 4.99 Å². The number of aromatic amines is 1. The average Bonchev–Trinajstić information content (AvgIpc) is 3.01. The Balaban J connectivity index is 1.96. The zero-order chi connectivity index (χ0) is 10.8. The molecule has 4 nitrogen and oxygen atoms in total. The molecule has 0 aromatic carbocycles. The molecule has 1 atom stereocenters. The molecule has 1 aliphatic heterocycles. The van der Waals surface area contributed by atoms with E-state index >= 15 is 0 Å². The van der Waals surface area contributed by atoms with E-state index in [4.69, 9.17) is 0 Å². The van der Waals surface area contributed by atoms with E-state index in [0.29, 0.717) is 0 Å². The molecule has 80 valence electrons. The fraction of sp³-hybridized carbons (Fsp3) is 0.250. The Kier molecular flexibility index (Phi) is 2.25. The van der Waals surface area contributed by atoms with Crippen molar-refractivity contribution in [3.8, 4) is 0 Å². The first-order valence-electron chi connectivity index (χ1n) is 5.41. The summed E-state index contributed by atoms with van der Waals surface area (Å²) in [6.07, 6.45) is 4.64. The van der Waals surface area contributed by atoms with Gasteiger partial charge in [-0.3, -0.25) is 4.99 Å². The first-order valence-corrected chi connectivity index (χ1v) is 5.41. The van der Waals surface area contributed by atoms with Gasteiger partial charge in [-0.2, -0.15) is 10.2 Å². The highest BCUT2D eigenvalue weighted by Crippen LogP contribution is 2.27. The van der Waals surface area contributed by atoms with Crippen LogP contribution in [0.15, 0.2) is 41.7 Å². The van der Waals surface area contributed by atoms with E-state index in [1.165, 1.54) is 0 Å². The summed E-state index contributed by atoms with van der Waals surface area (Å²) in [6, 6.07) is 7.98. The Hall–Kier alpha value is -1.97. The molecule has 0 saturated heterocycles. The number of nitrogens with zero attached hydrogens (tertiary/aromatic N) is 3. The molecule has 2 aromatic heterocycles. The molecule has 2 aromatic rings. The van der Waals surface area contributed by atoms with Gasteiger partial charge in [0.25, 0.3) is 0 Å². The fourth-order valence-electron chi connectivity index (χ4n) is 2.11. The van der Waals surface area contributed by atoms with E-state index in [1.807, 2.05) is 30.5 Å². The minimum atomic E-state index is 0.285. The van der Waals surface area contributed by atoms with E-state index in [9.17, 15) is 0 Å². The maximum atomic E-state index is 4.55. The van der Waals surface area contributed by atoms with E-state index in [1.54, 1.807) is 6.20 Å². The number of aromatic nitrogens is 3. The second kappa shape index (κ2) is 3.89. The summed E-state index contributed by atoms with van der Waals surface area (Å²) in [7, 11) is 0. The lowest BCUT2D eigenvalue weighted by molar-refractivity contribution is 0.785. The van der Waals surface area contributed by atoms with Crippen LogP contribution < -0.4 is 0 Å². The Morgan fingerprint density at radius 3 is 3.00 bits per heavy atom. The summed E-state index contributed by atoms with van der Waals surface area (Å²) in [6.45, 7) is 0.871. The zero-order valence-corrected chi connectivity index (χ0v) is 8.80. The van der Waals surface area contributed by atoms with Crippen molar-refractivity contribution < 1.29 is 0 Å². The summed E-state index contributed by atoms with van der Waals surface area (Å²) in [5.41, 5.74) is 3.20. The summed E-state index contributed by atoms with van der Waals surface area (Å²) in [5, 5.41) is 8.11. The van der Waals surface area contributed by atoms with Gasteiger partial charge in [-0.15, -0.1) is 0 Å². The van der Waals surface area contributed by atoms with Crippen LogP contribution in [0.25, 0.3) is 0 Å². The number of rotatable bonds is 2. The van der Waals surface area contributed by atoms with Crippen molar-refractivity contribution >= 4 is 5.71 Å². The van der Waals surface area contributed by atoms with Gasteiger partial charge in [0.2, 0.25) is 0 Å². The number of nitrogens with one attached hydrogen (secondary N) is 1. The molecule has 0 spiro atoms. The smallest absolute Gasteiger partial charge is 0.0722 e. The molecule has 0 fully saturated rings. The van der Waals surface area contributed by atoms with Crippen LogP contribution in [0.5, 0.6) is 0 Å². The first-order chi connectivity index (χ1) is 7.95. The average molecular weight is 212 g/mol. The SMILES string of the molecule is c1cnnc(C2CCN=C2c2ccc[nH]2)c1. The van der Waals surface area contributed by atoms with Gasteiger partial charge in [0.1, 0.15) is 0 Å². The van der Waals surface area contributed by atoms with Gasteiger partial charge < -0.3 is 4.98 Å². The highest BCUT2D eigenvalue weighted by molar-refractivity contribution is 6.04. The fourth-order valence-corrected chi connectivity index (χ4v) is 2.11. The Morgan fingerprint density at radius 1 is 1.25 bits per heavy atom. The normalized spacial score (nSPS) is 19.8. The van der Waals surface area contributed by atoms with Crippen molar-refractivity contribution in [2.75, 3.05) is 6.54 Å². The monoisotopic (exact) mass is 212 g/mol. The second-order valence-electron chi connectivity index (χ2n) is 3.84. The van der Waals surface area contributed by atoms with E-state index in [2.05, 4.69) is 20.2 Å². The van der Waals surface area contributed by atoms with Gasteiger partial charge in [0, 0.05) is 24.9 Å². The molecule has 0 aliphatic carbocycles. The molecule has 0 saturated carbocycles. The van der Waals surface area contributed by atoms with Crippen molar-refractivity contribution in [1.82, 2.24) is 15.2 Å². The topological polar surface area (TPSA) is 53.9 Å². The van der Waals surface area contributed by atoms with Gasteiger partial charge in [-0.1, -0.05) is 0 Å². The van der Waals surface area contributed by atoms with E-state index in [-0.39, 0.29) is 5.92 Å². The molecule has 3 heterocycles. The van der Waals surface area contributed by atoms with Crippen LogP contribution in [-0.4, -0.2) is 27.4 Å². The second-order valence-corrected chi connectivity index (χ2v) is 3.84. The Morgan fingerprint density at radius 2 is 2.25 bits per heavy atom. The summed E-state index contributed by atoms with van der Waals surface area (Å²) in [5.74, 6) is 0.285. The quantitative estimate of drug-likeness (QED) is 0.825. The minimum Gasteiger partial charge on any atom is -0.360 e. The molecular formula is C12H12N4. The molecule has 0 amide bonds. The predicted molar refractivity (Wildman–Crippen MR) is 61.6 cm³/mol. The third-order valence-corrected chi connectivity index (χ3v) is 2.85. The molecule has 3 rings (SSSR count). The van der Waals surface area contributed by atoms with Gasteiger partial charge in [0.05, 0.1) is 17.1 Å². The molecular weight excluding hydrogens is 200 g/mol. The van der Waals surface area contributed by atoms with Gasteiger partial charge in [0.15, 0.2) is 0 Å². The zero-order valence-electron chi connectivity index (χ0n) is 8.80. The van der Waals surface area contributed by atoms with Crippen LogP contribution in [0, 0.1) is 0 Å². The van der Waals surface area contributed by atoms with Crippen LogP contribution in [0.1, 0.15) is 23.7 Å². The van der Waals surface area contributed by atoms with Crippen LogP contribution in [0.3, 0.4) is 0 Å². The highest BCUT2D eigenvalue weighted by atomic mass is 15.1. The van der Waals surface area contributed by atoms with Gasteiger partial charge in [-0.25, -0.2) is 0 Å². The molecule has 0 radical (unpaired) electrons. The number of hydrogen-bond acceptors (Lipinski definition) is 3. The van der Waals surface area contributed by atoms with Crippen LogP contribution in [0.2, 0.25) is 0 Å². The van der Waals surface area contributed by atoms with Crippen molar-refractivity contribution in [3.05, 3.63) is 48.0 Å². The lowest BCUT2D eigenvalue weighted by Crippen LogP contribution is -2.11. The molecule has 0 bridgehead atoms. The third-order valence-electron chi connectivity index (χ3n) is 2.85. The number of hydrogen-bond donors (Lipinski definition) is 1. The molecule has 1 unspecified atom stereocenters. The molecule has 4 heteroatoms. The lowest BCUT2D eigenvalue weighted by Gasteiger charge is -2.10. The summed E-state index contributed by atoms with van der Waals surface area (Å²) in [4.78, 5) is 7.75. The third kappa shape index (κ3) is 1.52. The number of aliphatic imine (C=N–C) groups is 1. The van der Waals surface area contributed by atoms with Crippen molar-refractivity contribution in [1.29, 1.82) is 0 Å². The van der Waals surface area contributed by atoms with Gasteiger partial charge >= 0.3 is 0 Å². The van der Waals surface area contributed by atoms with E-state index < -0.39 is 0 Å². The summed E-state index contributed by atoms with van der Waals surface area (Å²) >= 11 is 0. The Bertz CT molecular complexity index is 487. The molecule has 1 N–H and O–H groups in total. The lowest BCUT2D eigenvalue weighted by atomic mass is 9.96. The van der Waals surface area contributed by atoms with Crippen LogP contribution in [-0.2, 0) is 0 Å². The predicted octanol–water partition coefficient (Wildman–Crippen LogP) is 1.78. The molecule has 1 aliphatic rings. The van der Waals surface area contributed by atoms with Crippen LogP contribution >= 0.6 is 0 Å². The standard InChI is InChI=1S/C12H12N4/c1-4-11(13-6-1)12-9(5-8-14-12)10-3-2-7-15-16-10/h1-4,6-7,9,13H,5,8H2. The Labute approximate surface area is 93.5 Å². The van der Waals surface area contributed by atoms with Crippen molar-refractivity contribution in [2.45, 2.75) is 12.3 Å². The first kappa shape index (κ1) is 9.27. The van der Waals surface area contributed by atoms with Crippen molar-refractivity contribution in [3.63, 3.8) is 0 Å². The number of H-pyrrole nitrogens is 1. The summed E-state index contributed by atoms with van der Waals surface area (Å²) < 4.78 is 0.